The van der Waals surface area contributed by atoms with E-state index in [0.717, 1.165) is 22.2 Å². The third kappa shape index (κ3) is 3.48. The van der Waals surface area contributed by atoms with Crippen molar-refractivity contribution in [3.63, 3.8) is 0 Å². The Morgan fingerprint density at radius 2 is 2.27 bits per heavy atom. The van der Waals surface area contributed by atoms with Crippen molar-refractivity contribution in [1.82, 2.24) is 4.90 Å². The summed E-state index contributed by atoms with van der Waals surface area (Å²) in [6, 6.07) is 6.34. The minimum atomic E-state index is -1.09. The predicted octanol–water partition coefficient (Wildman–Crippen LogP) is 2.76. The molecule has 1 aliphatic heterocycles. The Balaban J connectivity index is 2.26. The lowest BCUT2D eigenvalue weighted by Crippen LogP contribution is -2.41. The molecule has 1 amide bonds. The molecule has 1 atom stereocenters. The van der Waals surface area contributed by atoms with Gasteiger partial charge in [0, 0.05) is 0 Å². The number of hydrogen-bond donors (Lipinski definition) is 1. The second-order valence-corrected chi connectivity index (χ2v) is 6.25. The molecule has 0 saturated carbocycles. The SMILES string of the molecule is CCOc1cccc(/C=C2/SC(=S)N([C@H](C)C(=O)O)C2=O)c1. The smallest absolute Gasteiger partial charge is 0.326 e. The first-order valence-corrected chi connectivity index (χ1v) is 7.89. The second-order valence-electron chi connectivity index (χ2n) is 4.57. The summed E-state index contributed by atoms with van der Waals surface area (Å²) >= 11 is 6.22. The number of carbonyl (C=O) groups is 2. The lowest BCUT2D eigenvalue weighted by atomic mass is 10.2. The molecule has 2 rings (SSSR count). The molecule has 22 heavy (non-hydrogen) atoms. The van der Waals surface area contributed by atoms with Crippen LogP contribution in [0.2, 0.25) is 0 Å². The molecule has 0 spiro atoms. The summed E-state index contributed by atoms with van der Waals surface area (Å²) < 4.78 is 5.67. The van der Waals surface area contributed by atoms with Crippen LogP contribution in [0.15, 0.2) is 29.2 Å². The van der Waals surface area contributed by atoms with Crippen LogP contribution in [0, 0.1) is 0 Å². The Morgan fingerprint density at radius 3 is 2.91 bits per heavy atom. The van der Waals surface area contributed by atoms with Crippen molar-refractivity contribution in [2.24, 2.45) is 0 Å². The minimum Gasteiger partial charge on any atom is -0.494 e. The molecular weight excluding hydrogens is 322 g/mol. The van der Waals surface area contributed by atoms with E-state index >= 15 is 0 Å². The topological polar surface area (TPSA) is 66.8 Å². The third-order valence-corrected chi connectivity index (χ3v) is 4.37. The van der Waals surface area contributed by atoms with Crippen LogP contribution in [0.25, 0.3) is 6.08 Å². The number of rotatable bonds is 5. The summed E-state index contributed by atoms with van der Waals surface area (Å²) in [5.41, 5.74) is 0.800. The monoisotopic (exact) mass is 337 g/mol. The molecule has 1 aliphatic rings. The molecule has 1 fully saturated rings. The van der Waals surface area contributed by atoms with E-state index in [1.807, 2.05) is 31.2 Å². The fraction of sp³-hybridized carbons (Fsp3) is 0.267. The molecule has 116 valence electrons. The number of aliphatic carboxylic acids is 1. The quantitative estimate of drug-likeness (QED) is 0.658. The van der Waals surface area contributed by atoms with Crippen molar-refractivity contribution >= 4 is 46.3 Å². The first kappa shape index (κ1) is 16.5. The third-order valence-electron chi connectivity index (χ3n) is 3.04. The number of thioether (sulfide) groups is 1. The Hall–Kier alpha value is -1.86. The summed E-state index contributed by atoms with van der Waals surface area (Å²) in [5, 5.41) is 9.05. The zero-order valence-electron chi connectivity index (χ0n) is 12.1. The van der Waals surface area contributed by atoms with Crippen molar-refractivity contribution in [2.45, 2.75) is 19.9 Å². The lowest BCUT2D eigenvalue weighted by molar-refractivity contribution is -0.144. The number of carboxylic acid groups (broad SMARTS) is 1. The average molecular weight is 337 g/mol. The summed E-state index contributed by atoms with van der Waals surface area (Å²) in [6.45, 7) is 3.89. The van der Waals surface area contributed by atoms with Crippen molar-refractivity contribution in [1.29, 1.82) is 0 Å². The molecule has 1 N–H and O–H groups in total. The fourth-order valence-electron chi connectivity index (χ4n) is 1.94. The van der Waals surface area contributed by atoms with Gasteiger partial charge in [0.15, 0.2) is 0 Å². The van der Waals surface area contributed by atoms with Crippen LogP contribution < -0.4 is 4.74 Å². The van der Waals surface area contributed by atoms with Crippen LogP contribution in [0.5, 0.6) is 5.75 Å². The fourth-order valence-corrected chi connectivity index (χ4v) is 3.35. The van der Waals surface area contributed by atoms with E-state index in [0.29, 0.717) is 17.3 Å². The average Bonchev–Trinajstić information content (AvgIpc) is 2.73. The maximum absolute atomic E-state index is 12.3. The second kappa shape index (κ2) is 6.93. The molecule has 7 heteroatoms. The van der Waals surface area contributed by atoms with Gasteiger partial charge in [-0.1, -0.05) is 36.1 Å². The van der Waals surface area contributed by atoms with Gasteiger partial charge in [0.25, 0.3) is 5.91 Å². The standard InChI is InChI=1S/C15H15NO4S2/c1-3-20-11-6-4-5-10(7-11)8-12-13(17)16(15(21)22-12)9(2)14(18)19/h4-9H,3H2,1-2H3,(H,18,19)/b12-8+/t9-/m1/s1. The maximum Gasteiger partial charge on any atom is 0.326 e. The van der Waals surface area contributed by atoms with E-state index in [9.17, 15) is 9.59 Å². The Bertz CT molecular complexity index is 657. The van der Waals surface area contributed by atoms with Crippen molar-refractivity contribution in [2.75, 3.05) is 6.61 Å². The van der Waals surface area contributed by atoms with E-state index in [1.165, 1.54) is 6.92 Å². The molecule has 0 aliphatic carbocycles. The van der Waals surface area contributed by atoms with Gasteiger partial charge < -0.3 is 9.84 Å². The van der Waals surface area contributed by atoms with Crippen molar-refractivity contribution in [3.05, 3.63) is 34.7 Å². The van der Waals surface area contributed by atoms with Gasteiger partial charge in [-0.05, 0) is 37.6 Å². The number of ether oxygens (including phenoxy) is 1. The number of thiocarbonyl (C=S) groups is 1. The summed E-state index contributed by atoms with van der Waals surface area (Å²) in [4.78, 5) is 24.9. The minimum absolute atomic E-state index is 0.257. The molecular formula is C15H15NO4S2. The summed E-state index contributed by atoms with van der Waals surface area (Å²) in [7, 11) is 0. The van der Waals surface area contributed by atoms with E-state index in [2.05, 4.69) is 0 Å². The lowest BCUT2D eigenvalue weighted by Gasteiger charge is -2.18. The summed E-state index contributed by atoms with van der Waals surface area (Å²) in [6.07, 6.45) is 1.69. The maximum atomic E-state index is 12.3. The van der Waals surface area contributed by atoms with Crippen molar-refractivity contribution < 1.29 is 19.4 Å². The van der Waals surface area contributed by atoms with E-state index < -0.39 is 12.0 Å². The largest absolute Gasteiger partial charge is 0.494 e. The van der Waals surface area contributed by atoms with E-state index in [4.69, 9.17) is 22.1 Å². The summed E-state index contributed by atoms with van der Waals surface area (Å²) in [5.74, 6) is -0.756. The van der Waals surface area contributed by atoms with Gasteiger partial charge in [-0.15, -0.1) is 0 Å². The number of carboxylic acids is 1. The van der Waals surface area contributed by atoms with Gasteiger partial charge in [0.2, 0.25) is 0 Å². The van der Waals surface area contributed by atoms with Crippen LogP contribution >= 0.6 is 24.0 Å². The van der Waals surface area contributed by atoms with Crippen LogP contribution in [0.3, 0.4) is 0 Å². The zero-order valence-corrected chi connectivity index (χ0v) is 13.7. The zero-order chi connectivity index (χ0) is 16.3. The van der Waals surface area contributed by atoms with Crippen LogP contribution in [0.1, 0.15) is 19.4 Å². The van der Waals surface area contributed by atoms with Crippen LogP contribution in [-0.4, -0.2) is 38.9 Å². The van der Waals surface area contributed by atoms with Gasteiger partial charge in [0.1, 0.15) is 16.1 Å². The van der Waals surface area contributed by atoms with Gasteiger partial charge in [-0.3, -0.25) is 9.69 Å². The molecule has 0 unspecified atom stereocenters. The first-order valence-electron chi connectivity index (χ1n) is 6.66. The highest BCUT2D eigenvalue weighted by Crippen LogP contribution is 2.34. The predicted molar refractivity (Wildman–Crippen MR) is 89.7 cm³/mol. The highest BCUT2D eigenvalue weighted by atomic mass is 32.2. The molecule has 0 radical (unpaired) electrons. The highest BCUT2D eigenvalue weighted by Gasteiger charge is 2.38. The van der Waals surface area contributed by atoms with Gasteiger partial charge in [-0.25, -0.2) is 4.79 Å². The first-order chi connectivity index (χ1) is 10.4. The van der Waals surface area contributed by atoms with Crippen LogP contribution in [0.4, 0.5) is 0 Å². The normalized spacial score (nSPS) is 17.9. The van der Waals surface area contributed by atoms with Crippen LogP contribution in [-0.2, 0) is 9.59 Å². The van der Waals surface area contributed by atoms with E-state index in [1.54, 1.807) is 6.08 Å². The number of nitrogens with zero attached hydrogens (tertiary/aromatic N) is 1. The molecule has 1 heterocycles. The molecule has 0 bridgehead atoms. The number of carbonyl (C=O) groups excluding carboxylic acids is 1. The molecule has 1 aromatic carbocycles. The number of amides is 1. The Morgan fingerprint density at radius 1 is 1.55 bits per heavy atom. The highest BCUT2D eigenvalue weighted by molar-refractivity contribution is 8.26. The Kier molecular flexibility index (Phi) is 5.20. The van der Waals surface area contributed by atoms with Crippen molar-refractivity contribution in [3.8, 4) is 5.75 Å². The van der Waals surface area contributed by atoms with Gasteiger partial charge in [0.05, 0.1) is 11.5 Å². The van der Waals surface area contributed by atoms with E-state index in [-0.39, 0.29) is 10.2 Å². The van der Waals surface area contributed by atoms with Gasteiger partial charge in [-0.2, -0.15) is 0 Å². The van der Waals surface area contributed by atoms with Gasteiger partial charge >= 0.3 is 5.97 Å². The Labute approximate surface area is 137 Å². The molecule has 1 aromatic rings. The molecule has 1 saturated heterocycles. The number of hydrogen-bond acceptors (Lipinski definition) is 5. The number of benzene rings is 1. The molecule has 5 nitrogen and oxygen atoms in total. The molecule has 0 aromatic heterocycles.